The minimum absolute atomic E-state index is 0.0894. The van der Waals surface area contributed by atoms with Crippen molar-refractivity contribution in [3.8, 4) is 0 Å². The summed E-state index contributed by atoms with van der Waals surface area (Å²) >= 11 is 0. The second kappa shape index (κ2) is 2.51. The van der Waals surface area contributed by atoms with Gasteiger partial charge in [-0.25, -0.2) is 0 Å². The molecule has 0 radical (unpaired) electrons. The Kier molecular flexibility index (Phi) is 1.66. The van der Waals surface area contributed by atoms with E-state index in [1.807, 2.05) is 0 Å². The summed E-state index contributed by atoms with van der Waals surface area (Å²) in [5.41, 5.74) is 0. The average Bonchev–Trinajstić information content (AvgIpc) is 2.48. The Labute approximate surface area is 61.2 Å². The largest absolute Gasteiger partial charge is 0.371 e. The molecule has 0 aliphatic heterocycles. The number of hydrogen-bond donors (Lipinski definition) is 1. The van der Waals surface area contributed by atoms with E-state index in [4.69, 9.17) is 9.84 Å². The third-order valence-corrected chi connectivity index (χ3v) is 2.96. The summed E-state index contributed by atoms with van der Waals surface area (Å²) in [4.78, 5) is 0. The van der Waals surface area contributed by atoms with Crippen LogP contribution in [0.5, 0.6) is 0 Å². The van der Waals surface area contributed by atoms with Crippen LogP contribution in [0.3, 0.4) is 0 Å². The van der Waals surface area contributed by atoms with Gasteiger partial charge in [0.2, 0.25) is 0 Å². The van der Waals surface area contributed by atoms with E-state index in [0.717, 1.165) is 11.8 Å². The Morgan fingerprint density at radius 3 is 2.70 bits per heavy atom. The van der Waals surface area contributed by atoms with Crippen molar-refractivity contribution >= 4 is 0 Å². The van der Waals surface area contributed by atoms with Crippen molar-refractivity contribution in [1.29, 1.82) is 0 Å². The van der Waals surface area contributed by atoms with Gasteiger partial charge in [-0.1, -0.05) is 0 Å². The van der Waals surface area contributed by atoms with Crippen molar-refractivity contribution in [2.24, 2.45) is 11.8 Å². The molecule has 0 aromatic heterocycles. The van der Waals surface area contributed by atoms with E-state index in [9.17, 15) is 0 Å². The molecule has 0 aromatic carbocycles. The van der Waals surface area contributed by atoms with Crippen molar-refractivity contribution < 1.29 is 9.84 Å². The molecule has 0 aromatic rings. The van der Waals surface area contributed by atoms with Crippen LogP contribution in [0.25, 0.3) is 0 Å². The zero-order chi connectivity index (χ0) is 6.97. The van der Waals surface area contributed by atoms with E-state index < -0.39 is 0 Å². The van der Waals surface area contributed by atoms with Crippen molar-refractivity contribution in [3.63, 3.8) is 0 Å². The van der Waals surface area contributed by atoms with E-state index in [2.05, 4.69) is 0 Å². The van der Waals surface area contributed by atoms with Gasteiger partial charge in [0.15, 0.2) is 0 Å². The number of rotatable bonds is 2. The van der Waals surface area contributed by atoms with Crippen LogP contribution in [0, 0.1) is 11.8 Å². The van der Waals surface area contributed by atoms with Gasteiger partial charge in [0.05, 0.1) is 6.10 Å². The SMILES string of the molecule is OCOC1CC2CCC1C2. The summed E-state index contributed by atoms with van der Waals surface area (Å²) in [5.74, 6) is 1.69. The molecule has 2 fully saturated rings. The highest BCUT2D eigenvalue weighted by atomic mass is 16.6. The lowest BCUT2D eigenvalue weighted by molar-refractivity contribution is -0.0698. The predicted octanol–water partition coefficient (Wildman–Crippen LogP) is 1.14. The van der Waals surface area contributed by atoms with E-state index in [1.165, 1.54) is 25.7 Å². The van der Waals surface area contributed by atoms with Gasteiger partial charge in [-0.05, 0) is 37.5 Å². The van der Waals surface area contributed by atoms with Crippen LogP contribution in [-0.4, -0.2) is 18.0 Å². The van der Waals surface area contributed by atoms with Crippen LogP contribution in [0.2, 0.25) is 0 Å². The van der Waals surface area contributed by atoms with E-state index in [-0.39, 0.29) is 6.79 Å². The highest BCUT2D eigenvalue weighted by Crippen LogP contribution is 2.45. The molecule has 58 valence electrons. The summed E-state index contributed by atoms with van der Waals surface area (Å²) in [6.45, 7) is -0.0894. The summed E-state index contributed by atoms with van der Waals surface area (Å²) in [7, 11) is 0. The summed E-state index contributed by atoms with van der Waals surface area (Å²) in [6, 6.07) is 0. The molecule has 3 atom stereocenters. The second-order valence-electron chi connectivity index (χ2n) is 3.51. The quantitative estimate of drug-likeness (QED) is 0.586. The van der Waals surface area contributed by atoms with Crippen LogP contribution in [0.15, 0.2) is 0 Å². The minimum Gasteiger partial charge on any atom is -0.371 e. The van der Waals surface area contributed by atoms with Crippen molar-refractivity contribution in [3.05, 3.63) is 0 Å². The third-order valence-electron chi connectivity index (χ3n) is 2.96. The molecule has 2 nitrogen and oxygen atoms in total. The first-order valence-electron chi connectivity index (χ1n) is 4.12. The van der Waals surface area contributed by atoms with Crippen LogP contribution >= 0.6 is 0 Å². The Morgan fingerprint density at radius 2 is 2.20 bits per heavy atom. The molecule has 2 bridgehead atoms. The molecular weight excluding hydrogens is 128 g/mol. The van der Waals surface area contributed by atoms with Gasteiger partial charge in [-0.3, -0.25) is 0 Å². The van der Waals surface area contributed by atoms with E-state index in [1.54, 1.807) is 0 Å². The highest BCUT2D eigenvalue weighted by molar-refractivity contribution is 4.90. The standard InChI is InChI=1S/C8H14O2/c9-5-10-8-4-6-1-2-7(8)3-6/h6-9H,1-5H2. The lowest BCUT2D eigenvalue weighted by Crippen LogP contribution is -2.20. The number of fused-ring (bicyclic) bond motifs is 2. The summed E-state index contributed by atoms with van der Waals surface area (Å²) in [5, 5.41) is 8.53. The third kappa shape index (κ3) is 0.956. The molecule has 1 N–H and O–H groups in total. The molecule has 0 heterocycles. The number of aliphatic hydroxyl groups is 1. The first kappa shape index (κ1) is 6.62. The van der Waals surface area contributed by atoms with E-state index in [0.29, 0.717) is 6.10 Å². The predicted molar refractivity (Wildman–Crippen MR) is 37.4 cm³/mol. The van der Waals surface area contributed by atoms with Gasteiger partial charge >= 0.3 is 0 Å². The molecule has 0 saturated heterocycles. The van der Waals surface area contributed by atoms with Crippen LogP contribution in [-0.2, 0) is 4.74 Å². The number of aliphatic hydroxyl groups excluding tert-OH is 1. The second-order valence-corrected chi connectivity index (χ2v) is 3.51. The topological polar surface area (TPSA) is 29.5 Å². The van der Waals surface area contributed by atoms with Gasteiger partial charge in [-0.2, -0.15) is 0 Å². The molecule has 0 spiro atoms. The average molecular weight is 142 g/mol. The van der Waals surface area contributed by atoms with Gasteiger partial charge < -0.3 is 9.84 Å². The fourth-order valence-electron chi connectivity index (χ4n) is 2.49. The summed E-state index contributed by atoms with van der Waals surface area (Å²) in [6.07, 6.45) is 5.67. The zero-order valence-corrected chi connectivity index (χ0v) is 6.12. The highest BCUT2D eigenvalue weighted by Gasteiger charge is 2.39. The Hall–Kier alpha value is -0.0800. The van der Waals surface area contributed by atoms with Gasteiger partial charge in [0, 0.05) is 0 Å². The molecule has 2 saturated carbocycles. The monoisotopic (exact) mass is 142 g/mol. The Balaban J connectivity index is 1.90. The molecule has 0 amide bonds. The van der Waals surface area contributed by atoms with Crippen LogP contribution < -0.4 is 0 Å². The minimum atomic E-state index is -0.0894. The smallest absolute Gasteiger partial charge is 0.143 e. The van der Waals surface area contributed by atoms with Gasteiger partial charge in [0.1, 0.15) is 6.79 Å². The van der Waals surface area contributed by atoms with E-state index >= 15 is 0 Å². The maximum Gasteiger partial charge on any atom is 0.143 e. The maximum atomic E-state index is 8.53. The first-order valence-corrected chi connectivity index (χ1v) is 4.12. The summed E-state index contributed by atoms with van der Waals surface area (Å²) < 4.78 is 5.19. The zero-order valence-electron chi connectivity index (χ0n) is 6.12. The Bertz CT molecular complexity index is 124. The normalized spacial score (nSPS) is 44.7. The molecule has 10 heavy (non-hydrogen) atoms. The lowest BCUT2D eigenvalue weighted by atomic mass is 9.98. The lowest BCUT2D eigenvalue weighted by Gasteiger charge is -2.20. The first-order chi connectivity index (χ1) is 4.90. The van der Waals surface area contributed by atoms with Crippen LogP contribution in [0.4, 0.5) is 0 Å². The van der Waals surface area contributed by atoms with Crippen molar-refractivity contribution in [2.45, 2.75) is 31.8 Å². The molecule has 2 heteroatoms. The molecule has 2 aliphatic rings. The maximum absolute atomic E-state index is 8.53. The molecule has 3 unspecified atom stereocenters. The number of hydrogen-bond acceptors (Lipinski definition) is 2. The fourth-order valence-corrected chi connectivity index (χ4v) is 2.49. The van der Waals surface area contributed by atoms with Crippen molar-refractivity contribution in [2.75, 3.05) is 6.79 Å². The number of ether oxygens (including phenoxy) is 1. The Morgan fingerprint density at radius 1 is 1.30 bits per heavy atom. The van der Waals surface area contributed by atoms with Crippen LogP contribution in [0.1, 0.15) is 25.7 Å². The molecule has 2 aliphatic carbocycles. The van der Waals surface area contributed by atoms with Gasteiger partial charge in [-0.15, -0.1) is 0 Å². The fraction of sp³-hybridized carbons (Fsp3) is 1.00. The van der Waals surface area contributed by atoms with Gasteiger partial charge in [0.25, 0.3) is 0 Å². The molecule has 2 rings (SSSR count). The molecular formula is C8H14O2. The van der Waals surface area contributed by atoms with Crippen molar-refractivity contribution in [1.82, 2.24) is 0 Å².